The Morgan fingerprint density at radius 1 is 0.759 bits per heavy atom. The Labute approximate surface area is 210 Å². The summed E-state index contributed by atoms with van der Waals surface area (Å²) < 4.78 is 65.1. The molecule has 3 rings (SSSR count). The predicted molar refractivity (Wildman–Crippen MR) is 110 cm³/mol. The molecule has 0 radical (unpaired) electrons. The van der Waals surface area contributed by atoms with E-state index in [1.807, 2.05) is 0 Å². The van der Waals surface area contributed by atoms with Gasteiger partial charge in [0.1, 0.15) is 16.3 Å². The molecule has 144 valence electrons. The molecule has 3 aromatic carbocycles. The Bertz CT molecular complexity index is 1280. The summed E-state index contributed by atoms with van der Waals surface area (Å²) in [5, 5.41) is 17.6. The second kappa shape index (κ2) is 9.96. The quantitative estimate of drug-likeness (QED) is 0.309. The molecule has 0 amide bonds. The van der Waals surface area contributed by atoms with Crippen molar-refractivity contribution >= 4 is 101 Å². The number of phenols is 1. The van der Waals surface area contributed by atoms with Gasteiger partial charge in [-0.05, 0) is 35.7 Å². The number of benzene rings is 3. The third-order valence-corrected chi connectivity index (χ3v) is 5.31. The van der Waals surface area contributed by atoms with Crippen molar-refractivity contribution in [2.75, 3.05) is 0 Å². The first-order valence-corrected chi connectivity index (χ1v) is 10.2. The molecular formula is C16H14N2Na2O7S2. The van der Waals surface area contributed by atoms with E-state index in [0.29, 0.717) is 11.8 Å². The summed E-state index contributed by atoms with van der Waals surface area (Å²) in [7, 11) is -9.67. The minimum absolute atomic E-state index is 0. The summed E-state index contributed by atoms with van der Waals surface area (Å²) in [6.07, 6.45) is 0. The number of rotatable bonds is 4. The van der Waals surface area contributed by atoms with Gasteiger partial charge in [-0.25, -0.2) is 0 Å². The van der Waals surface area contributed by atoms with Gasteiger partial charge in [0.15, 0.2) is 0 Å². The molecule has 0 saturated heterocycles. The van der Waals surface area contributed by atoms with Gasteiger partial charge in [0.25, 0.3) is 20.2 Å². The van der Waals surface area contributed by atoms with Crippen LogP contribution < -0.4 is 0 Å². The molecule has 9 nitrogen and oxygen atoms in total. The molecule has 0 bridgehead atoms. The van der Waals surface area contributed by atoms with Crippen LogP contribution >= 0.6 is 0 Å². The minimum atomic E-state index is -4.92. The van der Waals surface area contributed by atoms with Crippen LogP contribution in [0.3, 0.4) is 0 Å². The molecular weight excluding hydrogens is 442 g/mol. The second-order valence-electron chi connectivity index (χ2n) is 5.44. The fourth-order valence-corrected chi connectivity index (χ4v) is 3.79. The molecule has 0 atom stereocenters. The third kappa shape index (κ3) is 6.07. The van der Waals surface area contributed by atoms with Crippen molar-refractivity contribution in [3.05, 3.63) is 54.6 Å². The van der Waals surface area contributed by atoms with E-state index in [-0.39, 0.29) is 75.6 Å². The molecule has 3 aromatic rings. The van der Waals surface area contributed by atoms with E-state index >= 15 is 0 Å². The van der Waals surface area contributed by atoms with E-state index in [9.17, 15) is 31.0 Å². The van der Waals surface area contributed by atoms with E-state index in [4.69, 9.17) is 0 Å². The van der Waals surface area contributed by atoms with Gasteiger partial charge in [-0.2, -0.15) is 21.9 Å². The molecule has 0 heterocycles. The SMILES string of the molecule is O=S(=O)(O)c1cc(S(=O)(=O)O)c2c(/N=N/c3ccccc3)c(O)ccc2c1.[NaH].[NaH]. The van der Waals surface area contributed by atoms with Crippen molar-refractivity contribution in [2.24, 2.45) is 10.2 Å². The summed E-state index contributed by atoms with van der Waals surface area (Å²) in [5.74, 6) is -0.438. The van der Waals surface area contributed by atoms with Crippen LogP contribution in [0.5, 0.6) is 5.75 Å². The van der Waals surface area contributed by atoms with Gasteiger partial charge in [-0.1, -0.05) is 24.3 Å². The van der Waals surface area contributed by atoms with E-state index < -0.39 is 35.8 Å². The van der Waals surface area contributed by atoms with Crippen LogP contribution in [0, 0.1) is 0 Å². The Hall–Kier alpha value is -0.860. The summed E-state index contributed by atoms with van der Waals surface area (Å²) in [6, 6.07) is 12.3. The van der Waals surface area contributed by atoms with Crippen LogP contribution in [0.2, 0.25) is 0 Å². The van der Waals surface area contributed by atoms with Crippen molar-refractivity contribution in [3.8, 4) is 5.75 Å². The molecule has 0 unspecified atom stereocenters. The molecule has 0 aliphatic heterocycles. The first-order chi connectivity index (χ1) is 12.6. The van der Waals surface area contributed by atoms with E-state index in [1.165, 1.54) is 6.07 Å². The number of phenolic OH excluding ortho intramolecular Hbond substituents is 1. The zero-order valence-corrected chi connectivity index (χ0v) is 15.0. The van der Waals surface area contributed by atoms with Gasteiger partial charge in [0.2, 0.25) is 0 Å². The molecule has 29 heavy (non-hydrogen) atoms. The number of nitrogens with zero attached hydrogens (tertiary/aromatic N) is 2. The van der Waals surface area contributed by atoms with E-state index in [0.717, 1.165) is 12.1 Å². The average molecular weight is 456 g/mol. The van der Waals surface area contributed by atoms with Crippen molar-refractivity contribution in [3.63, 3.8) is 0 Å². The van der Waals surface area contributed by atoms with Crippen molar-refractivity contribution in [2.45, 2.75) is 9.79 Å². The number of aromatic hydroxyl groups is 1. The van der Waals surface area contributed by atoms with Crippen LogP contribution in [0.4, 0.5) is 11.4 Å². The average Bonchev–Trinajstić information content (AvgIpc) is 2.59. The van der Waals surface area contributed by atoms with Gasteiger partial charge >= 0.3 is 59.1 Å². The molecule has 0 aliphatic carbocycles. The molecule has 3 N–H and O–H groups in total. The number of hydrogen-bond acceptors (Lipinski definition) is 7. The van der Waals surface area contributed by atoms with Crippen molar-refractivity contribution < 1.29 is 31.0 Å². The van der Waals surface area contributed by atoms with Crippen LogP contribution in [-0.4, -0.2) is 90.2 Å². The van der Waals surface area contributed by atoms with Crippen molar-refractivity contribution in [1.82, 2.24) is 0 Å². The first-order valence-electron chi connectivity index (χ1n) is 7.29. The summed E-state index contributed by atoms with van der Waals surface area (Å²) in [4.78, 5) is -1.58. The van der Waals surface area contributed by atoms with Crippen LogP contribution in [0.15, 0.2) is 74.6 Å². The predicted octanol–water partition coefficient (Wildman–Crippen LogP) is 2.16. The summed E-state index contributed by atoms with van der Waals surface area (Å²) in [5.41, 5.74) is 0.128. The topological polar surface area (TPSA) is 154 Å². The number of azo groups is 1. The Morgan fingerprint density at radius 2 is 1.38 bits per heavy atom. The van der Waals surface area contributed by atoms with Gasteiger partial charge in [-0.15, -0.1) is 5.11 Å². The van der Waals surface area contributed by atoms with Crippen LogP contribution in [0.25, 0.3) is 10.8 Å². The zero-order valence-electron chi connectivity index (χ0n) is 13.4. The Morgan fingerprint density at radius 3 is 1.93 bits per heavy atom. The van der Waals surface area contributed by atoms with Gasteiger partial charge in [-0.3, -0.25) is 9.11 Å². The van der Waals surface area contributed by atoms with Crippen LogP contribution in [0.1, 0.15) is 0 Å². The maximum absolute atomic E-state index is 11.8. The van der Waals surface area contributed by atoms with E-state index in [2.05, 4.69) is 10.2 Å². The van der Waals surface area contributed by atoms with Gasteiger partial charge in [0.05, 0.1) is 10.6 Å². The fourth-order valence-electron chi connectivity index (χ4n) is 2.43. The van der Waals surface area contributed by atoms with Crippen LogP contribution in [-0.2, 0) is 20.2 Å². The standard InChI is InChI=1S/C16H12N2O7S2.2Na.2H/c19-13-7-6-10-8-12(26(20,21)22)9-14(27(23,24)25)15(10)16(13)18-17-11-4-2-1-3-5-11;;;;/h1-9,19H,(H,20,21,22)(H,23,24,25);;;;/b18-17+;;;;. The molecule has 0 fully saturated rings. The number of hydrogen-bond donors (Lipinski definition) is 3. The maximum atomic E-state index is 11.8. The first kappa shape index (κ1) is 26.2. The molecule has 0 saturated carbocycles. The molecule has 0 spiro atoms. The molecule has 0 aromatic heterocycles. The van der Waals surface area contributed by atoms with Gasteiger partial charge < -0.3 is 5.11 Å². The molecule has 0 aliphatic rings. The monoisotopic (exact) mass is 456 g/mol. The fraction of sp³-hybridized carbons (Fsp3) is 0. The molecule has 13 heteroatoms. The summed E-state index contributed by atoms with van der Waals surface area (Å²) in [6.45, 7) is 0. The van der Waals surface area contributed by atoms with Crippen molar-refractivity contribution in [1.29, 1.82) is 0 Å². The van der Waals surface area contributed by atoms with Gasteiger partial charge in [0, 0.05) is 5.39 Å². The Kier molecular flexibility index (Phi) is 8.99. The van der Waals surface area contributed by atoms with E-state index in [1.54, 1.807) is 30.3 Å². The number of fused-ring (bicyclic) bond motifs is 1. The normalized spacial score (nSPS) is 11.8. The third-order valence-electron chi connectivity index (χ3n) is 3.60. The summed E-state index contributed by atoms with van der Waals surface area (Å²) >= 11 is 0. The Balaban J connectivity index is 0.00000210. The second-order valence-corrected chi connectivity index (χ2v) is 8.25. The zero-order chi connectivity index (χ0) is 19.8.